The van der Waals surface area contributed by atoms with E-state index in [-0.39, 0.29) is 55.1 Å². The number of carbonyl (C=O) groups is 3. The van der Waals surface area contributed by atoms with Crippen LogP contribution in [-0.2, 0) is 23.9 Å². The van der Waals surface area contributed by atoms with Gasteiger partial charge in [0.15, 0.2) is 0 Å². The molecule has 1 fully saturated rings. The molecule has 1 saturated carbocycles. The first-order chi connectivity index (χ1) is 12.6. The molecule has 0 aromatic heterocycles. The number of ether oxygens (including phenoxy) is 2. The molecule has 0 unspecified atom stereocenters. The Balaban J connectivity index is 2.08. The Labute approximate surface area is 162 Å². The maximum atomic E-state index is 12.0. The van der Waals surface area contributed by atoms with Crippen molar-refractivity contribution < 1.29 is 23.9 Å². The van der Waals surface area contributed by atoms with Gasteiger partial charge in [0.1, 0.15) is 19.0 Å². The number of ketones is 1. The highest BCUT2D eigenvalue weighted by atomic mass is 16.5. The molecule has 27 heavy (non-hydrogen) atoms. The van der Waals surface area contributed by atoms with Crippen LogP contribution in [0, 0.1) is 11.8 Å². The van der Waals surface area contributed by atoms with Crippen molar-refractivity contribution in [3.63, 3.8) is 0 Å². The van der Waals surface area contributed by atoms with E-state index in [1.165, 1.54) is 0 Å². The summed E-state index contributed by atoms with van der Waals surface area (Å²) in [6.45, 7) is 10.1. The molecule has 1 rings (SSSR count). The lowest BCUT2D eigenvalue weighted by Crippen LogP contribution is -2.41. The lowest BCUT2D eigenvalue weighted by molar-refractivity contribution is -0.130. The van der Waals surface area contributed by atoms with Gasteiger partial charge >= 0.3 is 0 Å². The highest BCUT2D eigenvalue weighted by Crippen LogP contribution is 2.27. The van der Waals surface area contributed by atoms with Crippen LogP contribution >= 0.6 is 0 Å². The van der Waals surface area contributed by atoms with Crippen LogP contribution in [-0.4, -0.2) is 55.6 Å². The van der Waals surface area contributed by atoms with E-state index in [2.05, 4.69) is 10.6 Å². The molecule has 7 heteroatoms. The lowest BCUT2D eigenvalue weighted by atomic mass is 9.80. The van der Waals surface area contributed by atoms with Gasteiger partial charge < -0.3 is 20.1 Å². The summed E-state index contributed by atoms with van der Waals surface area (Å²) in [7, 11) is 0. The van der Waals surface area contributed by atoms with Crippen molar-refractivity contribution in [3.8, 4) is 0 Å². The molecule has 0 heterocycles. The summed E-state index contributed by atoms with van der Waals surface area (Å²) in [5.74, 6) is 0.190. The first-order valence-electron chi connectivity index (χ1n) is 9.90. The monoisotopic (exact) mass is 384 g/mol. The second-order valence-corrected chi connectivity index (χ2v) is 8.48. The fourth-order valence-corrected chi connectivity index (χ4v) is 3.02. The predicted octanol–water partition coefficient (Wildman–Crippen LogP) is 1.83. The molecule has 156 valence electrons. The van der Waals surface area contributed by atoms with Crippen LogP contribution in [0.3, 0.4) is 0 Å². The Morgan fingerprint density at radius 2 is 1.63 bits per heavy atom. The summed E-state index contributed by atoms with van der Waals surface area (Å²) in [6.07, 6.45) is 3.34. The maximum Gasteiger partial charge on any atom is 0.246 e. The number of hydrogen-bond donors (Lipinski definition) is 2. The van der Waals surface area contributed by atoms with Gasteiger partial charge in [0.25, 0.3) is 0 Å². The van der Waals surface area contributed by atoms with Crippen LogP contribution in [0.4, 0.5) is 0 Å². The highest BCUT2D eigenvalue weighted by Gasteiger charge is 2.28. The molecule has 0 aromatic carbocycles. The molecular formula is C20H36N2O5. The average molecular weight is 385 g/mol. The van der Waals surface area contributed by atoms with E-state index >= 15 is 0 Å². The Kier molecular flexibility index (Phi) is 9.94. The summed E-state index contributed by atoms with van der Waals surface area (Å²) >= 11 is 0. The van der Waals surface area contributed by atoms with Gasteiger partial charge in [-0.2, -0.15) is 0 Å². The minimum atomic E-state index is -0.354. The average Bonchev–Trinajstić information content (AvgIpc) is 2.59. The third-order valence-corrected chi connectivity index (χ3v) is 4.50. The van der Waals surface area contributed by atoms with E-state index in [9.17, 15) is 14.4 Å². The number of Topliss-reactive ketones (excluding diaryl/α,β-unsaturated/α-hetero) is 1. The molecule has 0 saturated heterocycles. The van der Waals surface area contributed by atoms with Crippen molar-refractivity contribution in [2.45, 2.75) is 71.9 Å². The van der Waals surface area contributed by atoms with Crippen LogP contribution in [0.15, 0.2) is 0 Å². The number of amides is 2. The number of nitrogens with one attached hydrogen (secondary N) is 2. The van der Waals surface area contributed by atoms with Gasteiger partial charge in [0.2, 0.25) is 11.8 Å². The Bertz CT molecular complexity index is 491. The van der Waals surface area contributed by atoms with Gasteiger partial charge in [-0.3, -0.25) is 14.4 Å². The van der Waals surface area contributed by atoms with Gasteiger partial charge in [0.05, 0.1) is 12.2 Å². The largest absolute Gasteiger partial charge is 0.370 e. The van der Waals surface area contributed by atoms with Crippen LogP contribution < -0.4 is 10.6 Å². The first-order valence-corrected chi connectivity index (χ1v) is 9.90. The Hall–Kier alpha value is -1.47. The third-order valence-electron chi connectivity index (χ3n) is 4.50. The molecule has 1 aliphatic carbocycles. The number of carbonyl (C=O) groups excluding carboxylic acids is 3. The number of rotatable bonds is 10. The molecule has 2 amide bonds. The van der Waals surface area contributed by atoms with E-state index in [4.69, 9.17) is 9.47 Å². The molecule has 1 aliphatic rings. The highest BCUT2D eigenvalue weighted by molar-refractivity contribution is 5.83. The van der Waals surface area contributed by atoms with Gasteiger partial charge in [0, 0.05) is 24.4 Å². The van der Waals surface area contributed by atoms with Crippen molar-refractivity contribution in [2.24, 2.45) is 11.8 Å². The van der Waals surface area contributed by atoms with Crippen LogP contribution in [0.5, 0.6) is 0 Å². The zero-order valence-corrected chi connectivity index (χ0v) is 17.4. The molecule has 0 aromatic rings. The van der Waals surface area contributed by atoms with Crippen molar-refractivity contribution in [1.29, 1.82) is 0 Å². The molecule has 7 nitrogen and oxygen atoms in total. The Morgan fingerprint density at radius 3 is 2.19 bits per heavy atom. The lowest BCUT2D eigenvalue weighted by Gasteiger charge is -2.29. The standard InChI is InChI=1S/C20H36N2O5/c1-14(2)19(25)15-6-8-16(9-7-15)22-18(24)12-26-11-10-21-17(23)13-27-20(3,4)5/h14-16H,6-13H2,1-5H3,(H,21,23)(H,22,24). The van der Waals surface area contributed by atoms with E-state index in [0.717, 1.165) is 25.7 Å². The first kappa shape index (κ1) is 23.6. The van der Waals surface area contributed by atoms with E-state index in [0.29, 0.717) is 12.3 Å². The molecule has 0 spiro atoms. The smallest absolute Gasteiger partial charge is 0.246 e. The van der Waals surface area contributed by atoms with Crippen LogP contribution in [0.1, 0.15) is 60.3 Å². The fourth-order valence-electron chi connectivity index (χ4n) is 3.02. The van der Waals surface area contributed by atoms with E-state index in [1.54, 1.807) is 0 Å². The van der Waals surface area contributed by atoms with Gasteiger partial charge in [-0.15, -0.1) is 0 Å². The van der Waals surface area contributed by atoms with Gasteiger partial charge in [-0.25, -0.2) is 0 Å². The molecular weight excluding hydrogens is 348 g/mol. The molecule has 2 N–H and O–H groups in total. The summed E-state index contributed by atoms with van der Waals surface area (Å²) in [6, 6.07) is 0.117. The van der Waals surface area contributed by atoms with Crippen molar-refractivity contribution in [2.75, 3.05) is 26.4 Å². The molecule has 0 atom stereocenters. The Morgan fingerprint density at radius 1 is 1.00 bits per heavy atom. The fraction of sp³-hybridized carbons (Fsp3) is 0.850. The summed E-state index contributed by atoms with van der Waals surface area (Å²) < 4.78 is 10.7. The normalized spacial score (nSPS) is 20.4. The predicted molar refractivity (Wildman–Crippen MR) is 103 cm³/mol. The van der Waals surface area contributed by atoms with Gasteiger partial charge in [-0.05, 0) is 46.5 Å². The minimum absolute atomic E-state index is 0.00592. The van der Waals surface area contributed by atoms with Crippen LogP contribution in [0.2, 0.25) is 0 Å². The SMILES string of the molecule is CC(C)C(=O)C1CCC(NC(=O)COCCNC(=O)COC(C)(C)C)CC1. The minimum Gasteiger partial charge on any atom is -0.370 e. The number of hydrogen-bond acceptors (Lipinski definition) is 5. The second-order valence-electron chi connectivity index (χ2n) is 8.48. The molecule has 0 aliphatic heterocycles. The quantitative estimate of drug-likeness (QED) is 0.561. The second kappa shape index (κ2) is 11.4. The van der Waals surface area contributed by atoms with Crippen molar-refractivity contribution in [3.05, 3.63) is 0 Å². The van der Waals surface area contributed by atoms with Gasteiger partial charge in [-0.1, -0.05) is 13.8 Å². The topological polar surface area (TPSA) is 93.7 Å². The molecule has 0 radical (unpaired) electrons. The summed E-state index contributed by atoms with van der Waals surface area (Å²) in [4.78, 5) is 35.5. The van der Waals surface area contributed by atoms with Crippen LogP contribution in [0.25, 0.3) is 0 Å². The maximum absolute atomic E-state index is 12.0. The zero-order valence-electron chi connectivity index (χ0n) is 17.4. The van der Waals surface area contributed by atoms with E-state index in [1.807, 2.05) is 34.6 Å². The third kappa shape index (κ3) is 10.4. The van der Waals surface area contributed by atoms with Crippen molar-refractivity contribution in [1.82, 2.24) is 10.6 Å². The van der Waals surface area contributed by atoms with Crippen molar-refractivity contribution >= 4 is 17.6 Å². The zero-order chi connectivity index (χ0) is 20.4. The summed E-state index contributed by atoms with van der Waals surface area (Å²) in [5.41, 5.74) is -0.354. The summed E-state index contributed by atoms with van der Waals surface area (Å²) in [5, 5.41) is 5.64. The molecule has 0 bridgehead atoms. The van der Waals surface area contributed by atoms with E-state index < -0.39 is 0 Å².